The molecule has 0 bridgehead atoms. The second-order valence-electron chi connectivity index (χ2n) is 3.82. The van der Waals surface area contributed by atoms with Crippen LogP contribution in [0.3, 0.4) is 0 Å². The Morgan fingerprint density at radius 2 is 2.12 bits per heavy atom. The highest BCUT2D eigenvalue weighted by Crippen LogP contribution is 2.12. The van der Waals surface area contributed by atoms with Crippen molar-refractivity contribution in [3.63, 3.8) is 0 Å². The summed E-state index contributed by atoms with van der Waals surface area (Å²) in [5.74, 6) is 0.781. The Kier molecular flexibility index (Phi) is 3.23. The van der Waals surface area contributed by atoms with E-state index < -0.39 is 0 Å². The first-order valence-corrected chi connectivity index (χ1v) is 5.37. The molecule has 0 atom stereocenters. The van der Waals surface area contributed by atoms with Gasteiger partial charge >= 0.3 is 0 Å². The molecule has 17 heavy (non-hydrogen) atoms. The molecule has 0 N–H and O–H groups in total. The maximum absolute atomic E-state index is 11.6. The number of benzene rings is 1. The van der Waals surface area contributed by atoms with Crippen LogP contribution in [0.5, 0.6) is 5.75 Å². The average molecular weight is 230 g/mol. The van der Waals surface area contributed by atoms with E-state index in [0.717, 1.165) is 17.0 Å². The quantitative estimate of drug-likeness (QED) is 0.804. The zero-order valence-electron chi connectivity index (χ0n) is 9.88. The van der Waals surface area contributed by atoms with E-state index in [0.29, 0.717) is 6.54 Å². The number of rotatable bonds is 3. The number of hydrogen-bond donors (Lipinski definition) is 0. The van der Waals surface area contributed by atoms with E-state index in [1.54, 1.807) is 13.2 Å². The molecule has 1 heterocycles. The molecule has 0 unspecified atom stereocenters. The highest BCUT2D eigenvalue weighted by atomic mass is 16.5. The molecule has 4 nitrogen and oxygen atoms in total. The minimum atomic E-state index is -0.0987. The van der Waals surface area contributed by atoms with Crippen molar-refractivity contribution in [2.75, 3.05) is 7.11 Å². The van der Waals surface area contributed by atoms with E-state index in [2.05, 4.69) is 5.10 Å². The molecule has 0 aliphatic heterocycles. The van der Waals surface area contributed by atoms with Gasteiger partial charge in [-0.1, -0.05) is 12.1 Å². The summed E-state index contributed by atoms with van der Waals surface area (Å²) in [6.45, 7) is 2.32. The molecular formula is C13H14N2O2. The first-order valence-electron chi connectivity index (χ1n) is 5.37. The molecule has 0 radical (unpaired) electrons. The zero-order chi connectivity index (χ0) is 12.3. The van der Waals surface area contributed by atoms with Gasteiger partial charge in [-0.3, -0.25) is 4.79 Å². The van der Waals surface area contributed by atoms with Gasteiger partial charge in [0.15, 0.2) is 0 Å². The molecule has 0 amide bonds. The number of aromatic nitrogens is 2. The van der Waals surface area contributed by atoms with Gasteiger partial charge in [0, 0.05) is 6.07 Å². The summed E-state index contributed by atoms with van der Waals surface area (Å²) in [6.07, 6.45) is 0. The minimum Gasteiger partial charge on any atom is -0.497 e. The third-order valence-electron chi connectivity index (χ3n) is 2.47. The van der Waals surface area contributed by atoms with Gasteiger partial charge < -0.3 is 4.74 Å². The van der Waals surface area contributed by atoms with Gasteiger partial charge in [-0.2, -0.15) is 5.10 Å². The normalized spacial score (nSPS) is 10.2. The van der Waals surface area contributed by atoms with Crippen molar-refractivity contribution in [1.82, 2.24) is 9.78 Å². The number of ether oxygens (including phenoxy) is 1. The Morgan fingerprint density at radius 1 is 1.29 bits per heavy atom. The molecule has 88 valence electrons. The lowest BCUT2D eigenvalue weighted by Gasteiger charge is -2.06. The minimum absolute atomic E-state index is 0.0987. The third kappa shape index (κ3) is 2.72. The summed E-state index contributed by atoms with van der Waals surface area (Å²) in [4.78, 5) is 11.6. The molecule has 0 saturated heterocycles. The number of aryl methyl sites for hydroxylation is 1. The van der Waals surface area contributed by atoms with Gasteiger partial charge in [0.1, 0.15) is 5.75 Å². The summed E-state index contributed by atoms with van der Waals surface area (Å²) in [6, 6.07) is 10.9. The first-order chi connectivity index (χ1) is 8.19. The van der Waals surface area contributed by atoms with Crippen LogP contribution >= 0.6 is 0 Å². The summed E-state index contributed by atoms with van der Waals surface area (Å²) >= 11 is 0. The summed E-state index contributed by atoms with van der Waals surface area (Å²) in [5.41, 5.74) is 1.72. The Morgan fingerprint density at radius 3 is 2.88 bits per heavy atom. The van der Waals surface area contributed by atoms with Gasteiger partial charge in [0.25, 0.3) is 5.56 Å². The molecule has 0 aliphatic rings. The van der Waals surface area contributed by atoms with Crippen molar-refractivity contribution < 1.29 is 4.74 Å². The topological polar surface area (TPSA) is 44.1 Å². The highest BCUT2D eigenvalue weighted by molar-refractivity contribution is 5.28. The average Bonchev–Trinajstić information content (AvgIpc) is 2.34. The van der Waals surface area contributed by atoms with Crippen molar-refractivity contribution in [2.45, 2.75) is 13.5 Å². The van der Waals surface area contributed by atoms with Gasteiger partial charge in [0.05, 0.1) is 19.3 Å². The Balaban J connectivity index is 2.31. The summed E-state index contributed by atoms with van der Waals surface area (Å²) < 4.78 is 6.59. The van der Waals surface area contributed by atoms with Crippen molar-refractivity contribution in [1.29, 1.82) is 0 Å². The van der Waals surface area contributed by atoms with Crippen molar-refractivity contribution in [2.24, 2.45) is 0 Å². The summed E-state index contributed by atoms with van der Waals surface area (Å²) in [7, 11) is 1.62. The summed E-state index contributed by atoms with van der Waals surface area (Å²) in [5, 5.41) is 4.19. The van der Waals surface area contributed by atoms with Crippen LogP contribution in [-0.4, -0.2) is 16.9 Å². The molecule has 1 aromatic carbocycles. The standard InChI is InChI=1S/C13H14N2O2/c1-10-6-7-13(16)15(14-10)9-11-4-3-5-12(8-11)17-2/h3-8H,9H2,1-2H3. The smallest absolute Gasteiger partial charge is 0.267 e. The number of hydrogen-bond acceptors (Lipinski definition) is 3. The molecule has 4 heteroatoms. The third-order valence-corrected chi connectivity index (χ3v) is 2.47. The Bertz CT molecular complexity index is 576. The Labute approximate surface area is 99.5 Å². The molecule has 2 aromatic rings. The lowest BCUT2D eigenvalue weighted by atomic mass is 10.2. The second-order valence-corrected chi connectivity index (χ2v) is 3.82. The predicted octanol–water partition coefficient (Wildman–Crippen LogP) is 1.61. The monoisotopic (exact) mass is 230 g/mol. The molecule has 0 aliphatic carbocycles. The molecule has 0 spiro atoms. The Hall–Kier alpha value is -2.10. The van der Waals surface area contributed by atoms with Crippen LogP contribution in [-0.2, 0) is 6.54 Å². The van der Waals surface area contributed by atoms with E-state index in [1.165, 1.54) is 10.7 Å². The van der Waals surface area contributed by atoms with Crippen molar-refractivity contribution in [3.8, 4) is 5.75 Å². The van der Waals surface area contributed by atoms with Crippen molar-refractivity contribution >= 4 is 0 Å². The highest BCUT2D eigenvalue weighted by Gasteiger charge is 2.01. The largest absolute Gasteiger partial charge is 0.497 e. The SMILES string of the molecule is COc1cccc(Cn2nc(C)ccc2=O)c1. The fraction of sp³-hybridized carbons (Fsp3) is 0.231. The van der Waals surface area contributed by atoms with E-state index in [-0.39, 0.29) is 5.56 Å². The number of methoxy groups -OCH3 is 1. The van der Waals surface area contributed by atoms with Crippen LogP contribution in [0.15, 0.2) is 41.2 Å². The molecular weight excluding hydrogens is 216 g/mol. The zero-order valence-corrected chi connectivity index (χ0v) is 9.88. The lowest BCUT2D eigenvalue weighted by molar-refractivity contribution is 0.414. The van der Waals surface area contributed by atoms with Crippen LogP contribution in [0, 0.1) is 6.92 Å². The van der Waals surface area contributed by atoms with Gasteiger partial charge in [-0.15, -0.1) is 0 Å². The fourth-order valence-electron chi connectivity index (χ4n) is 1.61. The fourth-order valence-corrected chi connectivity index (χ4v) is 1.61. The van der Waals surface area contributed by atoms with Gasteiger partial charge in [-0.25, -0.2) is 4.68 Å². The number of nitrogens with zero attached hydrogens (tertiary/aromatic N) is 2. The molecule has 1 aromatic heterocycles. The van der Waals surface area contributed by atoms with Crippen LogP contribution in [0.2, 0.25) is 0 Å². The molecule has 0 fully saturated rings. The van der Waals surface area contributed by atoms with E-state index in [9.17, 15) is 4.79 Å². The molecule has 0 saturated carbocycles. The van der Waals surface area contributed by atoms with E-state index >= 15 is 0 Å². The van der Waals surface area contributed by atoms with Crippen LogP contribution in [0.1, 0.15) is 11.3 Å². The predicted molar refractivity (Wildman–Crippen MR) is 65.3 cm³/mol. The van der Waals surface area contributed by atoms with Crippen LogP contribution < -0.4 is 10.3 Å². The van der Waals surface area contributed by atoms with Crippen LogP contribution in [0.25, 0.3) is 0 Å². The van der Waals surface area contributed by atoms with E-state index in [1.807, 2.05) is 31.2 Å². The van der Waals surface area contributed by atoms with Crippen molar-refractivity contribution in [3.05, 3.63) is 58.0 Å². The second kappa shape index (κ2) is 4.82. The maximum atomic E-state index is 11.6. The van der Waals surface area contributed by atoms with Crippen LogP contribution in [0.4, 0.5) is 0 Å². The lowest BCUT2D eigenvalue weighted by Crippen LogP contribution is -2.22. The first kappa shape index (κ1) is 11.4. The van der Waals surface area contributed by atoms with E-state index in [4.69, 9.17) is 4.74 Å². The maximum Gasteiger partial charge on any atom is 0.267 e. The molecule has 2 rings (SSSR count). The van der Waals surface area contributed by atoms with Gasteiger partial charge in [0.2, 0.25) is 0 Å². The van der Waals surface area contributed by atoms with Gasteiger partial charge in [-0.05, 0) is 30.7 Å².